The first kappa shape index (κ1) is 17.3. The predicted octanol–water partition coefficient (Wildman–Crippen LogP) is 3.31. The van der Waals surface area contributed by atoms with Gasteiger partial charge in [0.2, 0.25) is 10.0 Å². The molecule has 2 N–H and O–H groups in total. The molecule has 0 atom stereocenters. The summed E-state index contributed by atoms with van der Waals surface area (Å²) in [6.45, 7) is 1.99. The average Bonchev–Trinajstić information content (AvgIpc) is 2.68. The molecule has 27 heavy (non-hydrogen) atoms. The number of nitrogens with zero attached hydrogens (tertiary/aromatic N) is 3. The van der Waals surface area contributed by atoms with E-state index in [9.17, 15) is 8.42 Å². The molecule has 1 aromatic carbocycles. The van der Waals surface area contributed by atoms with Gasteiger partial charge in [-0.3, -0.25) is 15.0 Å². The van der Waals surface area contributed by atoms with Crippen LogP contribution in [0.15, 0.2) is 72.3 Å². The lowest BCUT2D eigenvalue weighted by Crippen LogP contribution is -2.12. The molecule has 6 nitrogen and oxygen atoms in total. The maximum atomic E-state index is 11.7. The van der Waals surface area contributed by atoms with Gasteiger partial charge in [-0.25, -0.2) is 13.6 Å². The van der Waals surface area contributed by atoms with Crippen LogP contribution in [-0.4, -0.2) is 23.4 Å². The lowest BCUT2D eigenvalue weighted by Gasteiger charge is -2.13. The average molecular weight is 376 g/mol. The minimum absolute atomic E-state index is 0.0139. The smallest absolute Gasteiger partial charge is 0.239 e. The van der Waals surface area contributed by atoms with E-state index in [0.717, 1.165) is 33.2 Å². The van der Waals surface area contributed by atoms with E-state index in [4.69, 9.17) is 5.14 Å². The molecule has 7 heteroatoms. The van der Waals surface area contributed by atoms with E-state index in [0.29, 0.717) is 5.56 Å². The molecule has 0 amide bonds. The van der Waals surface area contributed by atoms with Crippen LogP contribution in [0.4, 0.5) is 0 Å². The molecule has 3 heterocycles. The molecule has 0 spiro atoms. The summed E-state index contributed by atoms with van der Waals surface area (Å²) in [6.07, 6.45) is 8.16. The van der Waals surface area contributed by atoms with Crippen molar-refractivity contribution in [2.45, 2.75) is 11.8 Å². The number of rotatable bonds is 3. The van der Waals surface area contributed by atoms with Gasteiger partial charge in [-0.15, -0.1) is 0 Å². The molecule has 3 aromatic heterocycles. The fraction of sp³-hybridized carbons (Fsp3) is 0.0500. The van der Waals surface area contributed by atoms with Crippen LogP contribution in [0.3, 0.4) is 0 Å². The third-order valence-corrected chi connectivity index (χ3v) is 5.39. The zero-order valence-corrected chi connectivity index (χ0v) is 15.3. The molecule has 0 bridgehead atoms. The van der Waals surface area contributed by atoms with E-state index in [1.807, 2.05) is 37.3 Å². The Bertz CT molecular complexity index is 1260. The van der Waals surface area contributed by atoms with E-state index in [2.05, 4.69) is 15.0 Å². The number of pyridine rings is 3. The third-order valence-electron chi connectivity index (χ3n) is 4.51. The van der Waals surface area contributed by atoms with Crippen LogP contribution in [0.25, 0.3) is 33.2 Å². The van der Waals surface area contributed by atoms with E-state index >= 15 is 0 Å². The van der Waals surface area contributed by atoms with E-state index in [1.165, 1.54) is 6.20 Å². The highest BCUT2D eigenvalue weighted by molar-refractivity contribution is 7.89. The summed E-state index contributed by atoms with van der Waals surface area (Å²) < 4.78 is 23.3. The normalized spacial score (nSPS) is 11.6. The predicted molar refractivity (Wildman–Crippen MR) is 104 cm³/mol. The van der Waals surface area contributed by atoms with Crippen molar-refractivity contribution >= 4 is 20.9 Å². The first-order valence-electron chi connectivity index (χ1n) is 8.22. The number of primary sulfonamides is 1. The first-order valence-corrected chi connectivity index (χ1v) is 9.77. The van der Waals surface area contributed by atoms with Crippen LogP contribution in [-0.2, 0) is 10.0 Å². The van der Waals surface area contributed by atoms with Gasteiger partial charge in [-0.05, 0) is 59.5 Å². The summed E-state index contributed by atoms with van der Waals surface area (Å²) in [5, 5.41) is 6.25. The van der Waals surface area contributed by atoms with E-state index < -0.39 is 10.0 Å². The summed E-state index contributed by atoms with van der Waals surface area (Å²) in [4.78, 5) is 12.6. The Kier molecular flexibility index (Phi) is 4.18. The summed E-state index contributed by atoms with van der Waals surface area (Å²) in [5.74, 6) is 0. The monoisotopic (exact) mass is 376 g/mol. The molecule has 0 aliphatic rings. The Hall–Kier alpha value is -3.16. The Morgan fingerprint density at radius 2 is 1.63 bits per heavy atom. The standard InChI is InChI=1S/C20H16N4O2S/c1-13-17(15-10-16(12-23-11-15)27(21,25)26)2-3-19-20(13)18(6-9-24-19)14-4-7-22-8-5-14/h2-12H,1H3,(H2,21,25,26). The van der Waals surface area contributed by atoms with Crippen LogP contribution in [0.2, 0.25) is 0 Å². The largest absolute Gasteiger partial charge is 0.265 e. The summed E-state index contributed by atoms with van der Waals surface area (Å²) in [7, 11) is -3.82. The zero-order valence-electron chi connectivity index (χ0n) is 14.5. The highest BCUT2D eigenvalue weighted by atomic mass is 32.2. The van der Waals surface area contributed by atoms with Gasteiger partial charge >= 0.3 is 0 Å². The molecule has 0 saturated carbocycles. The van der Waals surface area contributed by atoms with Crippen LogP contribution >= 0.6 is 0 Å². The third kappa shape index (κ3) is 3.18. The number of fused-ring (bicyclic) bond motifs is 1. The van der Waals surface area contributed by atoms with Gasteiger partial charge in [-0.1, -0.05) is 6.07 Å². The molecule has 0 aliphatic heterocycles. The van der Waals surface area contributed by atoms with E-state index in [-0.39, 0.29) is 4.90 Å². The fourth-order valence-corrected chi connectivity index (χ4v) is 3.73. The molecular formula is C20H16N4O2S. The molecular weight excluding hydrogens is 360 g/mol. The number of nitrogens with two attached hydrogens (primary N) is 1. The number of benzene rings is 1. The minimum atomic E-state index is -3.82. The first-order chi connectivity index (χ1) is 12.9. The highest BCUT2D eigenvalue weighted by Gasteiger charge is 2.14. The maximum absolute atomic E-state index is 11.7. The van der Waals surface area contributed by atoms with Gasteiger partial charge in [0.25, 0.3) is 0 Å². The van der Waals surface area contributed by atoms with Crippen molar-refractivity contribution in [3.05, 3.63) is 72.9 Å². The topological polar surface area (TPSA) is 98.8 Å². The second-order valence-corrected chi connectivity index (χ2v) is 7.74. The highest BCUT2D eigenvalue weighted by Crippen LogP contribution is 2.35. The Balaban J connectivity index is 1.98. The number of aromatic nitrogens is 3. The van der Waals surface area contributed by atoms with Crippen molar-refractivity contribution in [1.82, 2.24) is 15.0 Å². The molecule has 134 valence electrons. The molecule has 0 saturated heterocycles. The van der Waals surface area contributed by atoms with Crippen LogP contribution in [0, 0.1) is 6.92 Å². The Morgan fingerprint density at radius 1 is 0.852 bits per heavy atom. The maximum Gasteiger partial charge on any atom is 0.239 e. The van der Waals surface area contributed by atoms with Gasteiger partial charge in [0, 0.05) is 41.9 Å². The summed E-state index contributed by atoms with van der Waals surface area (Å²) in [6, 6.07) is 11.2. The van der Waals surface area contributed by atoms with Gasteiger partial charge in [0.15, 0.2) is 0 Å². The van der Waals surface area contributed by atoms with Gasteiger partial charge < -0.3 is 0 Å². The Labute approximate surface area is 156 Å². The quantitative estimate of drug-likeness (QED) is 0.591. The SMILES string of the molecule is Cc1c(-c2cncc(S(N)(=O)=O)c2)ccc2nccc(-c3ccncc3)c12. The minimum Gasteiger partial charge on any atom is -0.265 e. The molecule has 0 radical (unpaired) electrons. The van der Waals surface area contributed by atoms with Crippen molar-refractivity contribution in [3.63, 3.8) is 0 Å². The van der Waals surface area contributed by atoms with Crippen molar-refractivity contribution in [2.75, 3.05) is 0 Å². The second kappa shape index (κ2) is 6.53. The van der Waals surface area contributed by atoms with Crippen LogP contribution in [0.1, 0.15) is 5.56 Å². The van der Waals surface area contributed by atoms with E-state index in [1.54, 1.807) is 30.9 Å². The second-order valence-electron chi connectivity index (χ2n) is 6.18. The summed E-state index contributed by atoms with van der Waals surface area (Å²) in [5.41, 5.74) is 5.49. The molecule has 0 unspecified atom stereocenters. The van der Waals surface area contributed by atoms with Gasteiger partial charge in [0.1, 0.15) is 4.90 Å². The van der Waals surface area contributed by atoms with Crippen molar-refractivity contribution in [2.24, 2.45) is 5.14 Å². The Morgan fingerprint density at radius 3 is 2.37 bits per heavy atom. The number of hydrogen-bond donors (Lipinski definition) is 1. The van der Waals surface area contributed by atoms with Crippen molar-refractivity contribution in [1.29, 1.82) is 0 Å². The molecule has 4 rings (SSSR count). The van der Waals surface area contributed by atoms with Crippen LogP contribution in [0.5, 0.6) is 0 Å². The number of hydrogen-bond acceptors (Lipinski definition) is 5. The number of sulfonamides is 1. The summed E-state index contributed by atoms with van der Waals surface area (Å²) >= 11 is 0. The zero-order chi connectivity index (χ0) is 19.0. The fourth-order valence-electron chi connectivity index (χ4n) is 3.23. The molecule has 0 fully saturated rings. The lowest BCUT2D eigenvalue weighted by atomic mass is 9.93. The molecule has 4 aromatic rings. The van der Waals surface area contributed by atoms with Crippen LogP contribution < -0.4 is 5.14 Å². The van der Waals surface area contributed by atoms with Crippen molar-refractivity contribution < 1.29 is 8.42 Å². The van der Waals surface area contributed by atoms with Gasteiger partial charge in [-0.2, -0.15) is 0 Å². The van der Waals surface area contributed by atoms with Gasteiger partial charge in [0.05, 0.1) is 5.52 Å². The lowest BCUT2D eigenvalue weighted by molar-refractivity contribution is 0.597. The number of aryl methyl sites for hydroxylation is 1. The van der Waals surface area contributed by atoms with Crippen molar-refractivity contribution in [3.8, 4) is 22.3 Å². The molecule has 0 aliphatic carbocycles.